The monoisotopic (exact) mass is 278 g/mol. The van der Waals surface area contributed by atoms with Crippen LogP contribution in [0.25, 0.3) is 0 Å². The van der Waals surface area contributed by atoms with Gasteiger partial charge in [-0.1, -0.05) is 30.5 Å². The Morgan fingerprint density at radius 1 is 1.26 bits per heavy atom. The Labute approximate surface area is 118 Å². The second kappa shape index (κ2) is 5.04. The van der Waals surface area contributed by atoms with Crippen LogP contribution < -0.4 is 5.73 Å². The van der Waals surface area contributed by atoms with Crippen molar-refractivity contribution in [3.63, 3.8) is 0 Å². The molecule has 0 bridgehead atoms. The third kappa shape index (κ3) is 2.20. The molecule has 1 amide bonds. The quantitative estimate of drug-likeness (QED) is 0.801. The number of rotatable bonds is 1. The predicted octanol–water partition coefficient (Wildman–Crippen LogP) is 3.33. The summed E-state index contributed by atoms with van der Waals surface area (Å²) in [5, 5.41) is 0.395. The van der Waals surface area contributed by atoms with Crippen molar-refractivity contribution < 1.29 is 4.79 Å². The van der Waals surface area contributed by atoms with Crippen LogP contribution in [0.2, 0.25) is 5.02 Å². The molecule has 1 aliphatic heterocycles. The molecule has 3 nitrogen and oxygen atoms in total. The summed E-state index contributed by atoms with van der Waals surface area (Å²) in [5.74, 6) is 0.740. The smallest absolute Gasteiger partial charge is 0.255 e. The molecule has 0 spiro atoms. The molecule has 1 aromatic carbocycles. The third-order valence-electron chi connectivity index (χ3n) is 4.53. The molecular formula is C15H19ClN2O. The topological polar surface area (TPSA) is 46.3 Å². The van der Waals surface area contributed by atoms with Crippen molar-refractivity contribution in [1.29, 1.82) is 0 Å². The van der Waals surface area contributed by atoms with Crippen LogP contribution in [0.3, 0.4) is 0 Å². The Kier molecular flexibility index (Phi) is 3.40. The van der Waals surface area contributed by atoms with Crippen molar-refractivity contribution in [2.75, 3.05) is 12.3 Å². The molecule has 2 fully saturated rings. The molecule has 0 aromatic heterocycles. The molecule has 1 aliphatic carbocycles. The Morgan fingerprint density at radius 3 is 2.89 bits per heavy atom. The molecule has 2 atom stereocenters. The predicted molar refractivity (Wildman–Crippen MR) is 77.3 cm³/mol. The van der Waals surface area contributed by atoms with Crippen LogP contribution >= 0.6 is 11.6 Å². The van der Waals surface area contributed by atoms with E-state index in [1.54, 1.807) is 18.2 Å². The average molecular weight is 279 g/mol. The van der Waals surface area contributed by atoms with Gasteiger partial charge in [0.1, 0.15) is 0 Å². The van der Waals surface area contributed by atoms with Gasteiger partial charge >= 0.3 is 0 Å². The average Bonchev–Trinajstić information content (AvgIpc) is 2.85. The first-order chi connectivity index (χ1) is 9.18. The number of hydrogen-bond acceptors (Lipinski definition) is 2. The number of hydrogen-bond donors (Lipinski definition) is 1. The number of fused-ring (bicyclic) bond motifs is 1. The highest BCUT2D eigenvalue weighted by Gasteiger charge is 2.38. The number of amides is 1. The molecule has 19 heavy (non-hydrogen) atoms. The molecule has 1 heterocycles. The van der Waals surface area contributed by atoms with Crippen molar-refractivity contribution >= 4 is 23.2 Å². The maximum absolute atomic E-state index is 12.7. The van der Waals surface area contributed by atoms with Gasteiger partial charge in [0, 0.05) is 12.6 Å². The summed E-state index contributed by atoms with van der Waals surface area (Å²) in [6.07, 6.45) is 6.07. The van der Waals surface area contributed by atoms with Gasteiger partial charge in [0.25, 0.3) is 5.91 Å². The molecule has 102 valence electrons. The number of carbonyl (C=O) groups is 1. The fraction of sp³-hybridized carbons (Fsp3) is 0.533. The van der Waals surface area contributed by atoms with E-state index in [4.69, 9.17) is 17.3 Å². The molecule has 1 aromatic rings. The van der Waals surface area contributed by atoms with Crippen molar-refractivity contribution in [1.82, 2.24) is 4.90 Å². The molecule has 4 heteroatoms. The van der Waals surface area contributed by atoms with Gasteiger partial charge in [-0.25, -0.2) is 0 Å². The number of nitrogens with zero attached hydrogens (tertiary/aromatic N) is 1. The lowest BCUT2D eigenvalue weighted by Gasteiger charge is -2.32. The molecular weight excluding hydrogens is 260 g/mol. The summed E-state index contributed by atoms with van der Waals surface area (Å²) in [5.41, 5.74) is 6.81. The van der Waals surface area contributed by atoms with E-state index in [-0.39, 0.29) is 5.91 Å². The van der Waals surface area contributed by atoms with Crippen molar-refractivity contribution in [2.45, 2.75) is 38.1 Å². The summed E-state index contributed by atoms with van der Waals surface area (Å²) < 4.78 is 0. The largest absolute Gasteiger partial charge is 0.398 e. The SMILES string of the molecule is Nc1cccc(C(=O)N2CCC3CCCCC32)c1Cl. The van der Waals surface area contributed by atoms with E-state index >= 15 is 0 Å². The fourth-order valence-electron chi connectivity index (χ4n) is 3.53. The number of carbonyl (C=O) groups excluding carboxylic acids is 1. The van der Waals surface area contributed by atoms with E-state index in [2.05, 4.69) is 0 Å². The highest BCUT2D eigenvalue weighted by Crippen LogP contribution is 2.37. The zero-order chi connectivity index (χ0) is 13.4. The Hall–Kier alpha value is -1.22. The van der Waals surface area contributed by atoms with E-state index in [0.717, 1.165) is 19.4 Å². The lowest BCUT2D eigenvalue weighted by molar-refractivity contribution is 0.0690. The molecule has 2 aliphatic rings. The maximum Gasteiger partial charge on any atom is 0.255 e. The summed E-state index contributed by atoms with van der Waals surface area (Å²) in [4.78, 5) is 14.7. The van der Waals surface area contributed by atoms with E-state index in [1.807, 2.05) is 4.90 Å². The van der Waals surface area contributed by atoms with Crippen molar-refractivity contribution in [2.24, 2.45) is 5.92 Å². The normalized spacial score (nSPS) is 26.3. The minimum absolute atomic E-state index is 0.0479. The standard InChI is InChI=1S/C15H19ClN2O/c16-14-11(5-3-6-12(14)17)15(19)18-9-8-10-4-1-2-7-13(10)18/h3,5-6,10,13H,1-2,4,7-9,17H2. The highest BCUT2D eigenvalue weighted by molar-refractivity contribution is 6.36. The third-order valence-corrected chi connectivity index (χ3v) is 4.95. The highest BCUT2D eigenvalue weighted by atomic mass is 35.5. The second-order valence-electron chi connectivity index (χ2n) is 5.61. The number of benzene rings is 1. The van der Waals surface area contributed by atoms with Gasteiger partial charge in [-0.2, -0.15) is 0 Å². The van der Waals surface area contributed by atoms with Crippen LogP contribution in [-0.4, -0.2) is 23.4 Å². The second-order valence-corrected chi connectivity index (χ2v) is 5.99. The van der Waals surface area contributed by atoms with Gasteiger partial charge < -0.3 is 10.6 Å². The summed E-state index contributed by atoms with van der Waals surface area (Å²) in [7, 11) is 0. The Bertz CT molecular complexity index is 503. The lowest BCUT2D eigenvalue weighted by Crippen LogP contribution is -2.39. The molecule has 1 saturated heterocycles. The Morgan fingerprint density at radius 2 is 2.05 bits per heavy atom. The number of nitrogens with two attached hydrogens (primary N) is 1. The van der Waals surface area contributed by atoms with Gasteiger partial charge in [0.05, 0.1) is 16.3 Å². The number of halogens is 1. The lowest BCUT2D eigenvalue weighted by atomic mass is 9.85. The van der Waals surface area contributed by atoms with Crippen LogP contribution in [0.15, 0.2) is 18.2 Å². The number of nitrogen functional groups attached to an aromatic ring is 1. The van der Waals surface area contributed by atoms with E-state index in [1.165, 1.54) is 19.3 Å². The zero-order valence-electron chi connectivity index (χ0n) is 10.9. The first-order valence-corrected chi connectivity index (χ1v) is 7.41. The van der Waals surface area contributed by atoms with Crippen LogP contribution in [0.4, 0.5) is 5.69 Å². The zero-order valence-corrected chi connectivity index (χ0v) is 11.7. The maximum atomic E-state index is 12.7. The first-order valence-electron chi connectivity index (χ1n) is 7.03. The van der Waals surface area contributed by atoms with Gasteiger partial charge in [-0.3, -0.25) is 4.79 Å². The fourth-order valence-corrected chi connectivity index (χ4v) is 3.73. The summed E-state index contributed by atoms with van der Waals surface area (Å²) in [6.45, 7) is 0.860. The number of likely N-dealkylation sites (tertiary alicyclic amines) is 1. The summed E-state index contributed by atoms with van der Waals surface area (Å²) >= 11 is 6.17. The molecule has 3 rings (SSSR count). The molecule has 0 radical (unpaired) electrons. The first kappa shape index (κ1) is 12.8. The molecule has 1 saturated carbocycles. The molecule has 2 unspecified atom stereocenters. The van der Waals surface area contributed by atoms with Crippen molar-refractivity contribution in [3.8, 4) is 0 Å². The van der Waals surface area contributed by atoms with E-state index in [0.29, 0.717) is 28.2 Å². The van der Waals surface area contributed by atoms with Crippen LogP contribution in [0.5, 0.6) is 0 Å². The van der Waals surface area contributed by atoms with Crippen molar-refractivity contribution in [3.05, 3.63) is 28.8 Å². The molecule has 2 N–H and O–H groups in total. The van der Waals surface area contributed by atoms with Crippen LogP contribution in [0, 0.1) is 5.92 Å². The Balaban J connectivity index is 1.86. The van der Waals surface area contributed by atoms with Gasteiger partial charge in [0.15, 0.2) is 0 Å². The minimum Gasteiger partial charge on any atom is -0.398 e. The van der Waals surface area contributed by atoms with Gasteiger partial charge in [0.2, 0.25) is 0 Å². The minimum atomic E-state index is 0.0479. The van der Waals surface area contributed by atoms with Gasteiger partial charge in [-0.15, -0.1) is 0 Å². The summed E-state index contributed by atoms with van der Waals surface area (Å²) in [6, 6.07) is 5.71. The van der Waals surface area contributed by atoms with E-state index in [9.17, 15) is 4.79 Å². The van der Waals surface area contributed by atoms with Gasteiger partial charge in [-0.05, 0) is 37.3 Å². The number of anilines is 1. The van der Waals surface area contributed by atoms with Crippen LogP contribution in [0.1, 0.15) is 42.5 Å². The van der Waals surface area contributed by atoms with E-state index < -0.39 is 0 Å². The van der Waals surface area contributed by atoms with Crippen LogP contribution in [-0.2, 0) is 0 Å².